The fraction of sp³-hybridized carbons (Fsp3) is 0.200. The predicted octanol–water partition coefficient (Wildman–Crippen LogP) is 1.85. The second-order valence-electron chi connectivity index (χ2n) is 4.46. The molecule has 0 atom stereocenters. The molecule has 0 aliphatic carbocycles. The van der Waals surface area contributed by atoms with Crippen molar-refractivity contribution in [1.82, 2.24) is 0 Å². The Morgan fingerprint density at radius 3 is 2.55 bits per heavy atom. The molecule has 104 valence electrons. The third-order valence-corrected chi connectivity index (χ3v) is 3.77. The van der Waals surface area contributed by atoms with E-state index in [0.29, 0.717) is 17.8 Å². The van der Waals surface area contributed by atoms with E-state index in [-0.39, 0.29) is 0 Å². The Morgan fingerprint density at radius 1 is 1.10 bits per heavy atom. The molecule has 0 amide bonds. The van der Waals surface area contributed by atoms with Gasteiger partial charge in [0.05, 0.1) is 6.61 Å². The molecule has 0 heterocycles. The molecule has 2 aromatic carbocycles. The second kappa shape index (κ2) is 7.38. The van der Waals surface area contributed by atoms with Crippen LogP contribution in [0.5, 0.6) is 5.75 Å². The van der Waals surface area contributed by atoms with Crippen LogP contribution in [0, 0.1) is 6.92 Å². The Morgan fingerprint density at radius 2 is 1.85 bits per heavy atom. The van der Waals surface area contributed by atoms with E-state index in [1.165, 1.54) is 10.5 Å². The largest absolute Gasteiger partial charge is 0.493 e. The van der Waals surface area contributed by atoms with Gasteiger partial charge in [-0.2, -0.15) is 0 Å². The minimum atomic E-state index is -1.46. The fourth-order valence-electron chi connectivity index (χ4n) is 1.72. The Balaban J connectivity index is 1.78. The highest BCUT2D eigenvalue weighted by atomic mass is 32.2. The first-order chi connectivity index (χ1) is 9.65. The van der Waals surface area contributed by atoms with Gasteiger partial charge in [0.15, 0.2) is 0 Å². The van der Waals surface area contributed by atoms with E-state index in [0.717, 1.165) is 5.75 Å². The van der Waals surface area contributed by atoms with Crippen molar-refractivity contribution in [2.75, 3.05) is 12.4 Å². The van der Waals surface area contributed by atoms with E-state index >= 15 is 0 Å². The van der Waals surface area contributed by atoms with Crippen LogP contribution in [0.2, 0.25) is 0 Å². The molecule has 3 nitrogen and oxygen atoms in total. The highest BCUT2D eigenvalue weighted by Gasteiger charge is 2.10. The number of aryl methyl sites for hydroxylation is 1. The lowest BCUT2D eigenvalue weighted by Gasteiger charge is -2.08. The van der Waals surface area contributed by atoms with Gasteiger partial charge >= 0.3 is 7.12 Å². The topological polar surface area (TPSA) is 49.7 Å². The normalized spacial score (nSPS) is 10.3. The van der Waals surface area contributed by atoms with Gasteiger partial charge in [-0.1, -0.05) is 29.8 Å². The first kappa shape index (κ1) is 15.0. The molecule has 0 bridgehead atoms. The van der Waals surface area contributed by atoms with Crippen molar-refractivity contribution in [3.8, 4) is 5.75 Å². The molecule has 0 aliphatic heterocycles. The number of thioether (sulfide) groups is 1. The van der Waals surface area contributed by atoms with Crippen molar-refractivity contribution in [1.29, 1.82) is 0 Å². The van der Waals surface area contributed by atoms with Crippen LogP contribution < -0.4 is 10.2 Å². The zero-order chi connectivity index (χ0) is 14.4. The lowest BCUT2D eigenvalue weighted by molar-refractivity contribution is 0.344. The van der Waals surface area contributed by atoms with E-state index in [2.05, 4.69) is 31.2 Å². The summed E-state index contributed by atoms with van der Waals surface area (Å²) in [5, 5.41) is 18.2. The molecule has 0 fully saturated rings. The van der Waals surface area contributed by atoms with Crippen molar-refractivity contribution in [2.24, 2.45) is 0 Å². The van der Waals surface area contributed by atoms with Crippen molar-refractivity contribution in [2.45, 2.75) is 11.8 Å². The van der Waals surface area contributed by atoms with Crippen LogP contribution in [0.3, 0.4) is 0 Å². The van der Waals surface area contributed by atoms with E-state index in [4.69, 9.17) is 14.8 Å². The Hall–Kier alpha value is -1.43. The summed E-state index contributed by atoms with van der Waals surface area (Å²) in [5.41, 5.74) is 1.69. The molecule has 0 radical (unpaired) electrons. The average molecular weight is 288 g/mol. The van der Waals surface area contributed by atoms with Gasteiger partial charge in [-0.3, -0.25) is 0 Å². The summed E-state index contributed by atoms with van der Waals surface area (Å²) < 4.78 is 5.60. The maximum Gasteiger partial charge on any atom is 0.488 e. The van der Waals surface area contributed by atoms with E-state index in [1.807, 2.05) is 6.07 Å². The maximum atomic E-state index is 9.09. The number of rotatable bonds is 6. The molecule has 0 aliphatic rings. The smallest absolute Gasteiger partial charge is 0.488 e. The van der Waals surface area contributed by atoms with E-state index < -0.39 is 7.12 Å². The third kappa shape index (κ3) is 4.60. The quantitative estimate of drug-likeness (QED) is 0.484. The summed E-state index contributed by atoms with van der Waals surface area (Å²) in [6.07, 6.45) is 0. The minimum absolute atomic E-state index is 0.439. The highest BCUT2D eigenvalue weighted by Crippen LogP contribution is 2.18. The standard InChI is InChI=1S/C15H17BO3S/c1-12-5-7-15(8-6-12)20-10-9-19-14-4-2-3-13(11-14)16(17)18/h2-8,11,17-18H,9-10H2,1H3. The number of hydrogen-bond donors (Lipinski definition) is 2. The predicted molar refractivity (Wildman–Crippen MR) is 83.7 cm³/mol. The summed E-state index contributed by atoms with van der Waals surface area (Å²) in [6.45, 7) is 2.64. The third-order valence-electron chi connectivity index (χ3n) is 2.80. The van der Waals surface area contributed by atoms with Crippen LogP contribution in [0.4, 0.5) is 0 Å². The molecule has 2 aromatic rings. The van der Waals surface area contributed by atoms with Crippen LogP contribution in [0.1, 0.15) is 5.56 Å². The molecule has 5 heteroatoms. The minimum Gasteiger partial charge on any atom is -0.493 e. The summed E-state index contributed by atoms with van der Waals surface area (Å²) in [6, 6.07) is 15.2. The number of benzene rings is 2. The van der Waals surface area contributed by atoms with Crippen LogP contribution in [0.15, 0.2) is 53.4 Å². The summed E-state index contributed by atoms with van der Waals surface area (Å²) in [7, 11) is -1.46. The van der Waals surface area contributed by atoms with Crippen LogP contribution in [-0.4, -0.2) is 29.5 Å². The zero-order valence-corrected chi connectivity index (χ0v) is 12.1. The average Bonchev–Trinajstić information content (AvgIpc) is 2.46. The summed E-state index contributed by atoms with van der Waals surface area (Å²) >= 11 is 1.74. The molecule has 0 unspecified atom stereocenters. The zero-order valence-electron chi connectivity index (χ0n) is 11.3. The Labute approximate surface area is 123 Å². The lowest BCUT2D eigenvalue weighted by atomic mass is 9.80. The van der Waals surface area contributed by atoms with Crippen molar-refractivity contribution in [3.05, 3.63) is 54.1 Å². The molecule has 2 rings (SSSR count). The summed E-state index contributed by atoms with van der Waals surface area (Å²) in [5.74, 6) is 1.50. The van der Waals surface area contributed by atoms with E-state index in [9.17, 15) is 0 Å². The van der Waals surface area contributed by atoms with Gasteiger partial charge in [-0.05, 0) is 36.7 Å². The highest BCUT2D eigenvalue weighted by molar-refractivity contribution is 7.99. The van der Waals surface area contributed by atoms with Crippen LogP contribution >= 0.6 is 11.8 Å². The molecule has 0 saturated carbocycles. The van der Waals surface area contributed by atoms with Crippen molar-refractivity contribution in [3.63, 3.8) is 0 Å². The van der Waals surface area contributed by atoms with Crippen molar-refractivity contribution >= 4 is 24.3 Å². The lowest BCUT2D eigenvalue weighted by Crippen LogP contribution is -2.29. The summed E-state index contributed by atoms with van der Waals surface area (Å²) in [4.78, 5) is 1.22. The Kier molecular flexibility index (Phi) is 5.53. The fourth-order valence-corrected chi connectivity index (χ4v) is 2.45. The van der Waals surface area contributed by atoms with Gasteiger partial charge in [-0.15, -0.1) is 11.8 Å². The van der Waals surface area contributed by atoms with Crippen LogP contribution in [-0.2, 0) is 0 Å². The van der Waals surface area contributed by atoms with Gasteiger partial charge in [0, 0.05) is 10.6 Å². The van der Waals surface area contributed by atoms with Crippen molar-refractivity contribution < 1.29 is 14.8 Å². The molecule has 0 saturated heterocycles. The molecule has 2 N–H and O–H groups in total. The molecular weight excluding hydrogens is 271 g/mol. The Bertz CT molecular complexity index is 543. The van der Waals surface area contributed by atoms with Gasteiger partial charge in [0.1, 0.15) is 5.75 Å². The molecule has 0 spiro atoms. The first-order valence-corrected chi connectivity index (χ1v) is 7.42. The number of ether oxygens (including phenoxy) is 1. The molecular formula is C15H17BO3S. The van der Waals surface area contributed by atoms with Gasteiger partial charge in [-0.25, -0.2) is 0 Å². The molecule has 20 heavy (non-hydrogen) atoms. The van der Waals surface area contributed by atoms with Gasteiger partial charge < -0.3 is 14.8 Å². The second-order valence-corrected chi connectivity index (χ2v) is 5.62. The first-order valence-electron chi connectivity index (χ1n) is 6.43. The van der Waals surface area contributed by atoms with Crippen LogP contribution in [0.25, 0.3) is 0 Å². The maximum absolute atomic E-state index is 9.09. The van der Waals surface area contributed by atoms with E-state index in [1.54, 1.807) is 30.0 Å². The van der Waals surface area contributed by atoms with Gasteiger partial charge in [0.2, 0.25) is 0 Å². The monoisotopic (exact) mass is 288 g/mol. The van der Waals surface area contributed by atoms with Gasteiger partial charge in [0.25, 0.3) is 0 Å². The molecule has 0 aromatic heterocycles. The SMILES string of the molecule is Cc1ccc(SCCOc2cccc(B(O)O)c2)cc1. The number of hydrogen-bond acceptors (Lipinski definition) is 4.